The second kappa shape index (κ2) is 8.14. The Kier molecular flexibility index (Phi) is 6.80. The molecule has 2 aliphatic rings. The van der Waals surface area contributed by atoms with Gasteiger partial charge in [-0.2, -0.15) is 10.5 Å². The Balaban J connectivity index is 0.00000264. The lowest BCUT2D eigenvalue weighted by atomic mass is 9.96. The van der Waals surface area contributed by atoms with Gasteiger partial charge in [-0.3, -0.25) is 14.9 Å². The average molecular weight is 340 g/mol. The van der Waals surface area contributed by atoms with Crippen LogP contribution in [0.1, 0.15) is 38.5 Å². The summed E-state index contributed by atoms with van der Waals surface area (Å²) in [7, 11) is 1.59. The SMILES string of the molecule is CNC(=O)C1(NCC(=O)N2[C@H](C#N)CC[C@@H]2C#N)CCCC1.Cl. The Morgan fingerprint density at radius 1 is 1.17 bits per heavy atom. The van der Waals surface area contributed by atoms with Gasteiger partial charge in [0.1, 0.15) is 12.1 Å². The molecule has 23 heavy (non-hydrogen) atoms. The number of carbonyl (C=O) groups excluding carboxylic acids is 2. The van der Waals surface area contributed by atoms with Crippen molar-refractivity contribution in [2.75, 3.05) is 13.6 Å². The van der Waals surface area contributed by atoms with E-state index in [2.05, 4.69) is 22.8 Å². The highest BCUT2D eigenvalue weighted by atomic mass is 35.5. The number of amides is 2. The molecule has 2 amide bonds. The first-order valence-electron chi connectivity index (χ1n) is 7.65. The first kappa shape index (κ1) is 19.2. The quantitative estimate of drug-likeness (QED) is 0.773. The minimum Gasteiger partial charge on any atom is -0.358 e. The molecule has 1 saturated carbocycles. The molecule has 8 heteroatoms. The highest BCUT2D eigenvalue weighted by Gasteiger charge is 2.42. The molecule has 7 nitrogen and oxygen atoms in total. The number of hydrogen-bond donors (Lipinski definition) is 2. The van der Waals surface area contributed by atoms with E-state index in [0.717, 1.165) is 12.8 Å². The van der Waals surface area contributed by atoms with Crippen molar-refractivity contribution in [2.45, 2.75) is 56.1 Å². The first-order chi connectivity index (χ1) is 10.6. The van der Waals surface area contributed by atoms with Gasteiger partial charge in [-0.25, -0.2) is 0 Å². The third-order valence-corrected chi connectivity index (χ3v) is 4.67. The van der Waals surface area contributed by atoms with Gasteiger partial charge < -0.3 is 10.2 Å². The van der Waals surface area contributed by atoms with E-state index in [1.54, 1.807) is 7.05 Å². The molecule has 0 spiro atoms. The van der Waals surface area contributed by atoms with Crippen molar-refractivity contribution >= 4 is 24.2 Å². The van der Waals surface area contributed by atoms with Gasteiger partial charge in [-0.15, -0.1) is 12.4 Å². The van der Waals surface area contributed by atoms with Gasteiger partial charge in [0.25, 0.3) is 0 Å². The van der Waals surface area contributed by atoms with Crippen molar-refractivity contribution in [3.8, 4) is 12.1 Å². The molecule has 0 aromatic rings. The summed E-state index contributed by atoms with van der Waals surface area (Å²) in [6, 6.07) is 3.07. The minimum absolute atomic E-state index is 0. The molecule has 2 N–H and O–H groups in total. The van der Waals surface area contributed by atoms with Crippen LogP contribution in [0.4, 0.5) is 0 Å². The lowest BCUT2D eigenvalue weighted by molar-refractivity contribution is -0.132. The molecule has 0 unspecified atom stereocenters. The van der Waals surface area contributed by atoms with Crippen molar-refractivity contribution in [2.24, 2.45) is 0 Å². The summed E-state index contributed by atoms with van der Waals surface area (Å²) < 4.78 is 0. The van der Waals surface area contributed by atoms with Crippen molar-refractivity contribution in [3.05, 3.63) is 0 Å². The van der Waals surface area contributed by atoms with Crippen LogP contribution in [0.15, 0.2) is 0 Å². The van der Waals surface area contributed by atoms with E-state index < -0.39 is 17.6 Å². The predicted molar refractivity (Wildman–Crippen MR) is 85.4 cm³/mol. The molecule has 2 atom stereocenters. The fourth-order valence-corrected chi connectivity index (χ4v) is 3.45. The summed E-state index contributed by atoms with van der Waals surface area (Å²) in [5, 5.41) is 24.0. The van der Waals surface area contributed by atoms with Crippen LogP contribution in [0.2, 0.25) is 0 Å². The van der Waals surface area contributed by atoms with E-state index in [-0.39, 0.29) is 30.8 Å². The van der Waals surface area contributed by atoms with Crippen molar-refractivity contribution < 1.29 is 9.59 Å². The molecule has 2 fully saturated rings. The molecule has 1 saturated heterocycles. The summed E-state index contributed by atoms with van der Waals surface area (Å²) in [4.78, 5) is 25.9. The third kappa shape index (κ3) is 3.74. The molecular weight excluding hydrogens is 318 g/mol. The Morgan fingerprint density at radius 2 is 1.70 bits per heavy atom. The number of carbonyl (C=O) groups is 2. The van der Waals surface area contributed by atoms with Crippen LogP contribution in [0.25, 0.3) is 0 Å². The van der Waals surface area contributed by atoms with E-state index >= 15 is 0 Å². The molecule has 1 aliphatic heterocycles. The standard InChI is InChI=1S/C15H21N5O2.ClH/c1-18-14(22)15(6-2-3-7-15)19-10-13(21)20-11(8-16)4-5-12(20)9-17;/h11-12,19H,2-7,10H2,1H3,(H,18,22);1H/t11-,12+;. The van der Waals surface area contributed by atoms with Crippen LogP contribution in [-0.2, 0) is 9.59 Å². The number of likely N-dealkylation sites (tertiary alicyclic amines) is 1. The highest BCUT2D eigenvalue weighted by Crippen LogP contribution is 2.30. The average Bonchev–Trinajstić information content (AvgIpc) is 3.18. The Morgan fingerprint density at radius 3 is 2.13 bits per heavy atom. The normalized spacial score (nSPS) is 25.1. The Bertz CT molecular complexity index is 511. The Hall–Kier alpha value is -1.83. The number of likely N-dealkylation sites (N-methyl/N-ethyl adjacent to an activating group) is 1. The fourth-order valence-electron chi connectivity index (χ4n) is 3.45. The van der Waals surface area contributed by atoms with Crippen molar-refractivity contribution in [1.82, 2.24) is 15.5 Å². The molecule has 126 valence electrons. The second-order valence-electron chi connectivity index (χ2n) is 5.89. The van der Waals surface area contributed by atoms with Crippen LogP contribution in [0, 0.1) is 22.7 Å². The minimum atomic E-state index is -0.700. The number of nitriles is 2. The van der Waals surface area contributed by atoms with Crippen LogP contribution in [-0.4, -0.2) is 47.9 Å². The maximum absolute atomic E-state index is 12.4. The summed E-state index contributed by atoms with van der Waals surface area (Å²) in [6.07, 6.45) is 4.34. The predicted octanol–water partition coefficient (Wildman–Crippen LogP) is 0.463. The molecule has 0 aromatic heterocycles. The summed E-state index contributed by atoms with van der Waals surface area (Å²) in [5.41, 5.74) is -0.700. The zero-order valence-electron chi connectivity index (χ0n) is 13.2. The number of rotatable bonds is 4. The molecule has 1 aliphatic carbocycles. The van der Waals surface area contributed by atoms with Gasteiger partial charge in [0.2, 0.25) is 11.8 Å². The van der Waals surface area contributed by atoms with Crippen LogP contribution >= 0.6 is 12.4 Å². The number of nitrogens with zero attached hydrogens (tertiary/aromatic N) is 3. The number of halogens is 1. The number of hydrogen-bond acceptors (Lipinski definition) is 5. The Labute approximate surface area is 142 Å². The summed E-state index contributed by atoms with van der Waals surface area (Å²) in [5.74, 6) is -0.390. The molecule has 0 bridgehead atoms. The third-order valence-electron chi connectivity index (χ3n) is 4.67. The zero-order chi connectivity index (χ0) is 16.2. The van der Waals surface area contributed by atoms with Crippen molar-refractivity contribution in [3.63, 3.8) is 0 Å². The topological polar surface area (TPSA) is 109 Å². The second-order valence-corrected chi connectivity index (χ2v) is 5.89. The van der Waals surface area contributed by atoms with Gasteiger partial charge in [0.05, 0.1) is 24.2 Å². The van der Waals surface area contributed by atoms with Crippen LogP contribution in [0.3, 0.4) is 0 Å². The van der Waals surface area contributed by atoms with E-state index in [0.29, 0.717) is 25.7 Å². The molecule has 2 rings (SSSR count). The maximum atomic E-state index is 12.4. The lowest BCUT2D eigenvalue weighted by Gasteiger charge is -2.30. The van der Waals surface area contributed by atoms with Gasteiger partial charge in [-0.05, 0) is 25.7 Å². The van der Waals surface area contributed by atoms with E-state index in [1.165, 1.54) is 4.90 Å². The molecule has 1 heterocycles. The van der Waals surface area contributed by atoms with Gasteiger partial charge in [0.15, 0.2) is 0 Å². The van der Waals surface area contributed by atoms with Crippen LogP contribution < -0.4 is 10.6 Å². The summed E-state index contributed by atoms with van der Waals surface area (Å²) >= 11 is 0. The summed E-state index contributed by atoms with van der Waals surface area (Å²) in [6.45, 7) is -0.0240. The van der Waals surface area contributed by atoms with Crippen molar-refractivity contribution in [1.29, 1.82) is 10.5 Å². The van der Waals surface area contributed by atoms with Crippen LogP contribution in [0.5, 0.6) is 0 Å². The van der Waals surface area contributed by atoms with Gasteiger partial charge in [-0.1, -0.05) is 12.8 Å². The number of nitrogens with one attached hydrogen (secondary N) is 2. The van der Waals surface area contributed by atoms with Gasteiger partial charge >= 0.3 is 0 Å². The lowest BCUT2D eigenvalue weighted by Crippen LogP contribution is -2.57. The smallest absolute Gasteiger partial charge is 0.240 e. The molecule has 0 aromatic carbocycles. The largest absolute Gasteiger partial charge is 0.358 e. The monoisotopic (exact) mass is 339 g/mol. The fraction of sp³-hybridized carbons (Fsp3) is 0.733. The first-order valence-corrected chi connectivity index (χ1v) is 7.65. The van der Waals surface area contributed by atoms with E-state index in [1.807, 2.05) is 0 Å². The maximum Gasteiger partial charge on any atom is 0.240 e. The highest BCUT2D eigenvalue weighted by molar-refractivity contribution is 5.88. The zero-order valence-corrected chi connectivity index (χ0v) is 14.0. The molecule has 0 radical (unpaired) electrons. The van der Waals surface area contributed by atoms with E-state index in [4.69, 9.17) is 10.5 Å². The van der Waals surface area contributed by atoms with E-state index in [9.17, 15) is 9.59 Å². The van der Waals surface area contributed by atoms with Gasteiger partial charge in [0, 0.05) is 7.05 Å². The molecular formula is C15H22ClN5O2.